The predicted octanol–water partition coefficient (Wildman–Crippen LogP) is 2.98. The minimum absolute atomic E-state index is 0.156. The van der Waals surface area contributed by atoms with Crippen LogP contribution in [0, 0.1) is 5.92 Å². The van der Waals surface area contributed by atoms with Gasteiger partial charge in [-0.05, 0) is 35.2 Å². The highest BCUT2D eigenvalue weighted by Crippen LogP contribution is 2.26. The smallest absolute Gasteiger partial charge is 0.315 e. The molecule has 0 aliphatic carbocycles. The van der Waals surface area contributed by atoms with Crippen LogP contribution in [0.1, 0.15) is 16.7 Å². The molecule has 4 rings (SSSR count). The number of aromatic nitrogens is 2. The lowest BCUT2D eigenvalue weighted by Crippen LogP contribution is -2.40. The third-order valence-corrected chi connectivity index (χ3v) is 4.86. The second kappa shape index (κ2) is 8.61. The zero-order valence-corrected chi connectivity index (χ0v) is 15.7. The zero-order valence-electron chi connectivity index (χ0n) is 15.7. The third kappa shape index (κ3) is 4.71. The minimum atomic E-state index is -0.156. The summed E-state index contributed by atoms with van der Waals surface area (Å²) in [6, 6.07) is 18.0. The largest absolute Gasteiger partial charge is 0.493 e. The Morgan fingerprint density at radius 1 is 1.11 bits per heavy atom. The molecule has 1 unspecified atom stereocenters. The van der Waals surface area contributed by atoms with E-state index in [1.807, 2.05) is 47.3 Å². The Kier molecular flexibility index (Phi) is 5.56. The minimum Gasteiger partial charge on any atom is -0.493 e. The fraction of sp³-hybridized carbons (Fsp3) is 0.273. The number of amides is 2. The van der Waals surface area contributed by atoms with Gasteiger partial charge >= 0.3 is 6.03 Å². The number of hydrogen-bond acceptors (Lipinski definition) is 3. The van der Waals surface area contributed by atoms with Crippen LogP contribution in [-0.2, 0) is 19.5 Å². The molecule has 2 amide bonds. The van der Waals surface area contributed by atoms with Crippen LogP contribution in [0.3, 0.4) is 0 Å². The molecule has 1 atom stereocenters. The van der Waals surface area contributed by atoms with E-state index in [2.05, 4.69) is 33.9 Å². The van der Waals surface area contributed by atoms with Crippen molar-refractivity contribution in [2.75, 3.05) is 13.2 Å². The second-order valence-corrected chi connectivity index (χ2v) is 7.08. The molecular weight excluding hydrogens is 352 g/mol. The van der Waals surface area contributed by atoms with Gasteiger partial charge in [0.15, 0.2) is 0 Å². The maximum absolute atomic E-state index is 12.2. The van der Waals surface area contributed by atoms with Crippen LogP contribution in [0.5, 0.6) is 5.75 Å². The van der Waals surface area contributed by atoms with Crippen molar-refractivity contribution in [3.63, 3.8) is 0 Å². The molecule has 0 radical (unpaired) electrons. The van der Waals surface area contributed by atoms with Crippen molar-refractivity contribution in [2.24, 2.45) is 5.92 Å². The first-order chi connectivity index (χ1) is 13.8. The molecule has 0 bridgehead atoms. The number of urea groups is 1. The fourth-order valence-corrected chi connectivity index (χ4v) is 3.42. The molecule has 0 spiro atoms. The molecule has 3 aromatic rings. The lowest BCUT2D eigenvalue weighted by Gasteiger charge is -2.25. The van der Waals surface area contributed by atoms with Crippen molar-refractivity contribution in [3.8, 4) is 5.75 Å². The Hall–Kier alpha value is -3.28. The summed E-state index contributed by atoms with van der Waals surface area (Å²) in [5.74, 6) is 1.25. The first kappa shape index (κ1) is 18.1. The number of benzene rings is 2. The van der Waals surface area contributed by atoms with Gasteiger partial charge < -0.3 is 15.4 Å². The highest BCUT2D eigenvalue weighted by atomic mass is 16.5. The van der Waals surface area contributed by atoms with E-state index < -0.39 is 0 Å². The van der Waals surface area contributed by atoms with Crippen LogP contribution in [-0.4, -0.2) is 29.0 Å². The fourth-order valence-electron chi connectivity index (χ4n) is 3.42. The van der Waals surface area contributed by atoms with Crippen LogP contribution in [0.15, 0.2) is 67.0 Å². The SMILES string of the molecule is O=C(NCc1cccc(Cn2cccn2)c1)NCC1COc2ccccc2C1. The second-order valence-electron chi connectivity index (χ2n) is 7.08. The molecular formula is C22H24N4O2. The number of carbonyl (C=O) groups excluding carboxylic acids is 1. The summed E-state index contributed by atoms with van der Waals surface area (Å²) < 4.78 is 7.65. The van der Waals surface area contributed by atoms with Crippen molar-refractivity contribution in [1.82, 2.24) is 20.4 Å². The highest BCUT2D eigenvalue weighted by molar-refractivity contribution is 5.73. The predicted molar refractivity (Wildman–Crippen MR) is 107 cm³/mol. The summed E-state index contributed by atoms with van der Waals surface area (Å²) in [4.78, 5) is 12.2. The van der Waals surface area contributed by atoms with E-state index >= 15 is 0 Å². The number of ether oxygens (including phenoxy) is 1. The first-order valence-corrected chi connectivity index (χ1v) is 9.54. The summed E-state index contributed by atoms with van der Waals surface area (Å²) >= 11 is 0. The number of fused-ring (bicyclic) bond motifs is 1. The van der Waals surface area contributed by atoms with Crippen molar-refractivity contribution < 1.29 is 9.53 Å². The maximum atomic E-state index is 12.2. The van der Waals surface area contributed by atoms with E-state index in [1.165, 1.54) is 5.56 Å². The number of nitrogens with zero attached hydrogens (tertiary/aromatic N) is 2. The Morgan fingerprint density at radius 2 is 2.00 bits per heavy atom. The van der Waals surface area contributed by atoms with Crippen LogP contribution in [0.25, 0.3) is 0 Å². The van der Waals surface area contributed by atoms with Crippen molar-refractivity contribution in [3.05, 3.63) is 83.7 Å². The van der Waals surface area contributed by atoms with Gasteiger partial charge in [-0.2, -0.15) is 5.10 Å². The number of hydrogen-bond donors (Lipinski definition) is 2. The molecule has 28 heavy (non-hydrogen) atoms. The van der Waals surface area contributed by atoms with Crippen LogP contribution >= 0.6 is 0 Å². The maximum Gasteiger partial charge on any atom is 0.315 e. The normalized spacial score (nSPS) is 15.4. The van der Waals surface area contributed by atoms with Crippen molar-refractivity contribution >= 4 is 6.03 Å². The Balaban J connectivity index is 1.23. The quantitative estimate of drug-likeness (QED) is 0.695. The summed E-state index contributed by atoms with van der Waals surface area (Å²) in [5, 5.41) is 10.1. The Labute approximate surface area is 164 Å². The average molecular weight is 376 g/mol. The standard InChI is InChI=1S/C22H24N4O2/c27-22(24-14-19-12-20-7-1-2-8-21(20)28-16-19)23-13-17-5-3-6-18(11-17)15-26-10-4-9-25-26/h1-11,19H,12-16H2,(H2,23,24,27). The zero-order chi connectivity index (χ0) is 19.2. The number of nitrogens with one attached hydrogen (secondary N) is 2. The molecule has 0 fully saturated rings. The summed E-state index contributed by atoms with van der Waals surface area (Å²) in [5.41, 5.74) is 3.42. The van der Waals surface area contributed by atoms with Gasteiger partial charge in [0.2, 0.25) is 0 Å². The van der Waals surface area contributed by atoms with E-state index in [0.29, 0.717) is 19.7 Å². The number of rotatable bonds is 6. The summed E-state index contributed by atoms with van der Waals surface area (Å²) in [6.45, 7) is 2.44. The molecule has 1 aliphatic rings. The number of para-hydroxylation sites is 1. The molecule has 6 nitrogen and oxygen atoms in total. The van der Waals surface area contributed by atoms with Gasteiger partial charge in [0.1, 0.15) is 5.75 Å². The van der Waals surface area contributed by atoms with E-state index in [0.717, 1.165) is 29.8 Å². The molecule has 0 saturated carbocycles. The monoisotopic (exact) mass is 376 g/mol. The Bertz CT molecular complexity index is 924. The topological polar surface area (TPSA) is 68.2 Å². The van der Waals surface area contributed by atoms with Gasteiger partial charge in [-0.15, -0.1) is 0 Å². The van der Waals surface area contributed by atoms with E-state index in [-0.39, 0.29) is 11.9 Å². The number of carbonyl (C=O) groups is 1. The van der Waals surface area contributed by atoms with E-state index in [4.69, 9.17) is 4.74 Å². The lowest BCUT2D eigenvalue weighted by molar-refractivity contribution is 0.211. The molecule has 2 aromatic carbocycles. The molecule has 1 aliphatic heterocycles. The van der Waals surface area contributed by atoms with E-state index in [9.17, 15) is 4.79 Å². The van der Waals surface area contributed by atoms with Crippen molar-refractivity contribution in [2.45, 2.75) is 19.5 Å². The van der Waals surface area contributed by atoms with Gasteiger partial charge in [0.25, 0.3) is 0 Å². The molecule has 2 N–H and O–H groups in total. The van der Waals surface area contributed by atoms with Gasteiger partial charge in [-0.3, -0.25) is 4.68 Å². The van der Waals surface area contributed by atoms with Gasteiger partial charge in [-0.1, -0.05) is 42.5 Å². The highest BCUT2D eigenvalue weighted by Gasteiger charge is 2.19. The van der Waals surface area contributed by atoms with Crippen molar-refractivity contribution in [1.29, 1.82) is 0 Å². The van der Waals surface area contributed by atoms with Gasteiger partial charge in [0.05, 0.1) is 13.2 Å². The molecule has 144 valence electrons. The van der Waals surface area contributed by atoms with Gasteiger partial charge in [0, 0.05) is 31.4 Å². The Morgan fingerprint density at radius 3 is 2.89 bits per heavy atom. The van der Waals surface area contributed by atoms with Crippen LogP contribution in [0.2, 0.25) is 0 Å². The van der Waals surface area contributed by atoms with E-state index in [1.54, 1.807) is 6.20 Å². The lowest BCUT2D eigenvalue weighted by atomic mass is 9.97. The molecule has 2 heterocycles. The molecule has 1 aromatic heterocycles. The average Bonchev–Trinajstić information content (AvgIpc) is 3.24. The van der Waals surface area contributed by atoms with Crippen LogP contribution < -0.4 is 15.4 Å². The van der Waals surface area contributed by atoms with Gasteiger partial charge in [-0.25, -0.2) is 4.79 Å². The first-order valence-electron chi connectivity index (χ1n) is 9.54. The molecule has 6 heteroatoms. The third-order valence-electron chi connectivity index (χ3n) is 4.86. The summed E-state index contributed by atoms with van der Waals surface area (Å²) in [7, 11) is 0. The van der Waals surface area contributed by atoms with Crippen LogP contribution in [0.4, 0.5) is 4.79 Å². The molecule has 0 saturated heterocycles. The summed E-state index contributed by atoms with van der Waals surface area (Å²) in [6.07, 6.45) is 4.63.